The molecule has 2 aromatic carbocycles. The normalized spacial score (nSPS) is 21.7. The molecule has 244 valence electrons. The first-order chi connectivity index (χ1) is 22.0. The predicted octanol–water partition coefficient (Wildman–Crippen LogP) is 3.48. The Morgan fingerprint density at radius 3 is 2.52 bits per heavy atom. The molecule has 12 heteroatoms. The van der Waals surface area contributed by atoms with Crippen LogP contribution < -0.4 is 10.6 Å². The standard InChI is InChI=1S/C34H39ClN4O7/c1-3-5-27(30(42)32(44)36-25-10-11-25)37-31(43)29-18-34(17-28(38-46-34)22-6-4-7-24(35)16-22)19-39(29)33(45)23(14-20(2)40)15-21-8-12-26(41)13-9-21/h4,6-9,12-13,16,23,25,27,29,41H,3,5,10-11,14-15,17-19H2,1-2H3,(H,36,44)(H,37,43)/t23-,27-,29-,34?/m0/s1. The number of nitrogens with one attached hydrogen (secondary N) is 2. The largest absolute Gasteiger partial charge is 0.508 e. The first-order valence-electron chi connectivity index (χ1n) is 15.7. The summed E-state index contributed by atoms with van der Waals surface area (Å²) < 4.78 is 0. The fourth-order valence-corrected chi connectivity index (χ4v) is 6.36. The van der Waals surface area contributed by atoms with Crippen LogP contribution in [0.2, 0.25) is 5.02 Å². The molecule has 2 aromatic rings. The molecule has 1 saturated carbocycles. The number of amides is 3. The molecule has 3 N–H and O–H groups in total. The summed E-state index contributed by atoms with van der Waals surface area (Å²) in [5.41, 5.74) is 1.09. The van der Waals surface area contributed by atoms with E-state index in [1.807, 2.05) is 13.0 Å². The Hall–Kier alpha value is -4.25. The zero-order valence-electron chi connectivity index (χ0n) is 26.0. The van der Waals surface area contributed by atoms with Gasteiger partial charge in [0.05, 0.1) is 18.3 Å². The number of oxime groups is 1. The van der Waals surface area contributed by atoms with Crippen LogP contribution in [0.15, 0.2) is 53.7 Å². The molecule has 3 amide bonds. The van der Waals surface area contributed by atoms with E-state index in [0.29, 0.717) is 23.6 Å². The number of phenolic OH excluding ortho intramolecular Hbond substituents is 1. The fourth-order valence-electron chi connectivity index (χ4n) is 6.16. The highest BCUT2D eigenvalue weighted by Crippen LogP contribution is 2.40. The third-order valence-corrected chi connectivity index (χ3v) is 8.87. The molecule has 46 heavy (non-hydrogen) atoms. The van der Waals surface area contributed by atoms with Crippen molar-refractivity contribution in [3.05, 3.63) is 64.7 Å². The van der Waals surface area contributed by atoms with Crippen molar-refractivity contribution >= 4 is 46.6 Å². The van der Waals surface area contributed by atoms with E-state index >= 15 is 0 Å². The Morgan fingerprint density at radius 2 is 1.87 bits per heavy atom. The number of Topliss-reactive ketones (excluding diaryl/α,β-unsaturated/α-hetero) is 2. The minimum Gasteiger partial charge on any atom is -0.508 e. The number of likely N-dealkylation sites (tertiary alicyclic amines) is 1. The number of hydrogen-bond acceptors (Lipinski definition) is 8. The third-order valence-electron chi connectivity index (χ3n) is 8.63. The summed E-state index contributed by atoms with van der Waals surface area (Å²) in [4.78, 5) is 73.7. The molecular formula is C34H39ClN4O7. The minimum atomic E-state index is -1.06. The smallest absolute Gasteiger partial charge is 0.289 e. The lowest BCUT2D eigenvalue weighted by atomic mass is 9.91. The molecule has 0 aromatic heterocycles. The summed E-state index contributed by atoms with van der Waals surface area (Å²) in [6.45, 7) is 3.28. The van der Waals surface area contributed by atoms with Crippen LogP contribution in [0, 0.1) is 5.92 Å². The maximum Gasteiger partial charge on any atom is 0.289 e. The lowest BCUT2D eigenvalue weighted by Gasteiger charge is -2.29. The van der Waals surface area contributed by atoms with Crippen molar-refractivity contribution in [3.8, 4) is 5.75 Å². The molecule has 1 unspecified atom stereocenters. The monoisotopic (exact) mass is 650 g/mol. The Balaban J connectivity index is 1.41. The van der Waals surface area contributed by atoms with Crippen LogP contribution in [0.5, 0.6) is 5.75 Å². The van der Waals surface area contributed by atoms with Crippen LogP contribution >= 0.6 is 11.6 Å². The van der Waals surface area contributed by atoms with Gasteiger partial charge in [0.1, 0.15) is 17.6 Å². The number of hydrogen-bond donors (Lipinski definition) is 3. The SMILES string of the molecule is CCC[C@H](NC(=O)[C@@H]1CC2(CC(c3cccc(Cl)c3)=NO2)CN1C(=O)[C@@H](CC(C)=O)Cc1ccc(O)cc1)C(=O)C(=O)NC1CC1. The molecule has 2 aliphatic heterocycles. The summed E-state index contributed by atoms with van der Waals surface area (Å²) in [5, 5.41) is 20.0. The van der Waals surface area contributed by atoms with Gasteiger partial charge in [0.15, 0.2) is 5.60 Å². The van der Waals surface area contributed by atoms with Crippen LogP contribution in [0.3, 0.4) is 0 Å². The first-order valence-corrected chi connectivity index (χ1v) is 16.1. The first kappa shape index (κ1) is 33.1. The number of phenols is 1. The van der Waals surface area contributed by atoms with Gasteiger partial charge in [-0.2, -0.15) is 0 Å². The van der Waals surface area contributed by atoms with Crippen LogP contribution in [0.25, 0.3) is 0 Å². The van der Waals surface area contributed by atoms with E-state index < -0.39 is 47.1 Å². The highest BCUT2D eigenvalue weighted by molar-refractivity contribution is 6.38. The van der Waals surface area contributed by atoms with E-state index in [9.17, 15) is 29.1 Å². The zero-order valence-corrected chi connectivity index (χ0v) is 26.7. The maximum absolute atomic E-state index is 14.3. The van der Waals surface area contributed by atoms with Gasteiger partial charge in [-0.05, 0) is 62.4 Å². The van der Waals surface area contributed by atoms with Crippen molar-refractivity contribution in [2.45, 2.75) is 88.9 Å². The predicted molar refractivity (Wildman–Crippen MR) is 170 cm³/mol. The second-order valence-electron chi connectivity index (χ2n) is 12.6. The average molecular weight is 651 g/mol. The van der Waals surface area contributed by atoms with Crippen molar-refractivity contribution in [2.75, 3.05) is 6.54 Å². The van der Waals surface area contributed by atoms with Crippen molar-refractivity contribution in [1.82, 2.24) is 15.5 Å². The Morgan fingerprint density at radius 1 is 1.13 bits per heavy atom. The van der Waals surface area contributed by atoms with Gasteiger partial charge in [-0.15, -0.1) is 0 Å². The van der Waals surface area contributed by atoms with Crippen molar-refractivity contribution in [3.63, 3.8) is 0 Å². The molecule has 1 saturated heterocycles. The van der Waals surface area contributed by atoms with Crippen LogP contribution in [-0.2, 0) is 35.2 Å². The van der Waals surface area contributed by atoms with Gasteiger partial charge in [-0.1, -0.05) is 54.4 Å². The van der Waals surface area contributed by atoms with Crippen molar-refractivity contribution < 1.29 is 33.9 Å². The van der Waals surface area contributed by atoms with Gasteiger partial charge < -0.3 is 30.3 Å². The molecule has 5 rings (SSSR count). The molecule has 0 bridgehead atoms. The lowest BCUT2D eigenvalue weighted by molar-refractivity contribution is -0.144. The van der Waals surface area contributed by atoms with Crippen LogP contribution in [0.4, 0.5) is 0 Å². The highest BCUT2D eigenvalue weighted by atomic mass is 35.5. The van der Waals surface area contributed by atoms with Gasteiger partial charge in [0, 0.05) is 41.8 Å². The topological polar surface area (TPSA) is 154 Å². The van der Waals surface area contributed by atoms with Crippen molar-refractivity contribution in [1.29, 1.82) is 0 Å². The molecule has 0 radical (unpaired) electrons. The van der Waals surface area contributed by atoms with Gasteiger partial charge in [-0.25, -0.2) is 0 Å². The molecule has 1 aliphatic carbocycles. The van der Waals surface area contributed by atoms with E-state index in [0.717, 1.165) is 24.0 Å². The minimum absolute atomic E-state index is 0.0165. The second kappa shape index (κ2) is 14.0. The van der Waals surface area contributed by atoms with E-state index in [-0.39, 0.29) is 49.8 Å². The molecule has 2 fully saturated rings. The van der Waals surface area contributed by atoms with Gasteiger partial charge in [-0.3, -0.25) is 19.2 Å². The Kier molecular flexibility index (Phi) is 10.1. The van der Waals surface area contributed by atoms with Gasteiger partial charge in [0.25, 0.3) is 5.91 Å². The number of carbonyl (C=O) groups excluding carboxylic acids is 5. The van der Waals surface area contributed by atoms with Crippen molar-refractivity contribution in [2.24, 2.45) is 11.1 Å². The highest BCUT2D eigenvalue weighted by Gasteiger charge is 2.54. The number of aromatic hydroxyl groups is 1. The number of rotatable bonds is 13. The molecule has 3 aliphatic rings. The van der Waals surface area contributed by atoms with E-state index in [1.165, 1.54) is 24.0 Å². The molecular weight excluding hydrogens is 612 g/mol. The number of ketones is 2. The zero-order chi connectivity index (χ0) is 33.0. The summed E-state index contributed by atoms with van der Waals surface area (Å²) in [6.07, 6.45) is 2.97. The van der Waals surface area contributed by atoms with E-state index in [1.54, 1.807) is 30.3 Å². The molecule has 2 heterocycles. The summed E-state index contributed by atoms with van der Waals surface area (Å²) in [5.74, 6) is -3.35. The van der Waals surface area contributed by atoms with Gasteiger partial charge >= 0.3 is 0 Å². The Labute approximate surface area is 272 Å². The summed E-state index contributed by atoms with van der Waals surface area (Å²) in [6, 6.07) is 11.4. The maximum atomic E-state index is 14.3. The quantitative estimate of drug-likeness (QED) is 0.281. The van der Waals surface area contributed by atoms with Crippen LogP contribution in [-0.4, -0.2) is 75.3 Å². The average Bonchev–Trinajstić information content (AvgIpc) is 3.61. The lowest BCUT2D eigenvalue weighted by Crippen LogP contribution is -2.54. The van der Waals surface area contributed by atoms with Crippen LogP contribution in [0.1, 0.15) is 69.9 Å². The fraction of sp³-hybridized carbons (Fsp3) is 0.471. The number of carbonyl (C=O) groups is 5. The molecule has 4 atom stereocenters. The van der Waals surface area contributed by atoms with E-state index in [4.69, 9.17) is 16.4 Å². The number of halogens is 1. The van der Waals surface area contributed by atoms with E-state index in [2.05, 4.69) is 15.8 Å². The Bertz CT molecular complexity index is 1540. The number of nitrogens with zero attached hydrogens (tertiary/aromatic N) is 2. The summed E-state index contributed by atoms with van der Waals surface area (Å²) in [7, 11) is 0. The second-order valence-corrected chi connectivity index (χ2v) is 13.1. The van der Waals surface area contributed by atoms with Gasteiger partial charge in [0.2, 0.25) is 17.6 Å². The molecule has 1 spiro atoms. The summed E-state index contributed by atoms with van der Waals surface area (Å²) >= 11 is 6.21. The number of benzene rings is 2. The molecule has 11 nitrogen and oxygen atoms in total. The third kappa shape index (κ3) is 7.93.